The van der Waals surface area contributed by atoms with Crippen molar-refractivity contribution < 1.29 is 9.18 Å². The number of amides is 1. The Bertz CT molecular complexity index is 554. The number of piperazine rings is 1. The highest BCUT2D eigenvalue weighted by molar-refractivity contribution is 5.82. The molecule has 132 valence electrons. The van der Waals surface area contributed by atoms with Gasteiger partial charge >= 0.3 is 0 Å². The van der Waals surface area contributed by atoms with Gasteiger partial charge in [-0.1, -0.05) is 19.1 Å². The molecule has 2 atom stereocenters. The van der Waals surface area contributed by atoms with Gasteiger partial charge in [-0.05, 0) is 50.6 Å². The van der Waals surface area contributed by atoms with Crippen molar-refractivity contribution in [3.63, 3.8) is 0 Å². The first-order valence-corrected chi connectivity index (χ1v) is 9.08. The fraction of sp³-hybridized carbons (Fsp3) is 0.632. The summed E-state index contributed by atoms with van der Waals surface area (Å²) in [6.45, 7) is 6.55. The summed E-state index contributed by atoms with van der Waals surface area (Å²) in [5.74, 6) is 0.106. The smallest absolute Gasteiger partial charge is 0.240 e. The van der Waals surface area contributed by atoms with Crippen molar-refractivity contribution in [1.29, 1.82) is 0 Å². The number of benzene rings is 1. The van der Waals surface area contributed by atoms with E-state index in [0.29, 0.717) is 11.9 Å². The van der Waals surface area contributed by atoms with Crippen LogP contribution in [0.4, 0.5) is 4.39 Å². The molecular formula is C19H28FN3O. The Kier molecular flexibility index (Phi) is 5.51. The number of hydrogen-bond donors (Lipinski definition) is 0. The van der Waals surface area contributed by atoms with E-state index in [-0.39, 0.29) is 11.9 Å². The van der Waals surface area contributed by atoms with Crippen LogP contribution in [0.3, 0.4) is 0 Å². The van der Waals surface area contributed by atoms with Crippen LogP contribution in [0.25, 0.3) is 0 Å². The van der Waals surface area contributed by atoms with Crippen molar-refractivity contribution in [1.82, 2.24) is 14.7 Å². The third-order valence-corrected chi connectivity index (χ3v) is 5.51. The zero-order valence-corrected chi connectivity index (χ0v) is 14.7. The summed E-state index contributed by atoms with van der Waals surface area (Å²) < 4.78 is 13.2. The molecule has 0 unspecified atom stereocenters. The van der Waals surface area contributed by atoms with E-state index < -0.39 is 0 Å². The van der Waals surface area contributed by atoms with Crippen molar-refractivity contribution in [2.75, 3.05) is 39.8 Å². The van der Waals surface area contributed by atoms with Crippen LogP contribution in [0.1, 0.15) is 37.8 Å². The molecule has 3 rings (SSSR count). The number of hydrogen-bond acceptors (Lipinski definition) is 3. The van der Waals surface area contributed by atoms with Crippen LogP contribution >= 0.6 is 0 Å². The molecule has 2 saturated heterocycles. The van der Waals surface area contributed by atoms with Gasteiger partial charge in [-0.3, -0.25) is 14.6 Å². The number of carbonyl (C=O) groups excluding carboxylic acids is 1. The van der Waals surface area contributed by atoms with E-state index in [9.17, 15) is 9.18 Å². The van der Waals surface area contributed by atoms with Crippen molar-refractivity contribution in [3.8, 4) is 0 Å². The molecule has 24 heavy (non-hydrogen) atoms. The van der Waals surface area contributed by atoms with Gasteiger partial charge in [0, 0.05) is 32.2 Å². The van der Waals surface area contributed by atoms with Crippen LogP contribution < -0.4 is 0 Å². The second-order valence-electron chi connectivity index (χ2n) is 6.98. The number of carbonyl (C=O) groups is 1. The third-order valence-electron chi connectivity index (χ3n) is 5.51. The molecular weight excluding hydrogens is 305 g/mol. The summed E-state index contributed by atoms with van der Waals surface area (Å²) in [6.07, 6.45) is 3.10. The molecule has 0 radical (unpaired) electrons. The first-order valence-electron chi connectivity index (χ1n) is 9.08. The van der Waals surface area contributed by atoms with Gasteiger partial charge in [0.05, 0.1) is 6.04 Å². The zero-order valence-electron chi connectivity index (χ0n) is 14.7. The van der Waals surface area contributed by atoms with E-state index in [1.54, 1.807) is 0 Å². The summed E-state index contributed by atoms with van der Waals surface area (Å²) in [5.41, 5.74) is 1.16. The summed E-state index contributed by atoms with van der Waals surface area (Å²) in [7, 11) is 2.05. The number of likely N-dealkylation sites (N-methyl/N-ethyl adjacent to an activating group) is 1. The molecule has 5 heteroatoms. The van der Waals surface area contributed by atoms with Gasteiger partial charge < -0.3 is 4.90 Å². The number of rotatable bonds is 4. The van der Waals surface area contributed by atoms with Crippen LogP contribution in [0.2, 0.25) is 0 Å². The van der Waals surface area contributed by atoms with Crippen molar-refractivity contribution in [2.24, 2.45) is 0 Å². The molecule has 0 spiro atoms. The number of nitrogens with zero attached hydrogens (tertiary/aromatic N) is 3. The van der Waals surface area contributed by atoms with Gasteiger partial charge in [-0.15, -0.1) is 0 Å². The monoisotopic (exact) mass is 333 g/mol. The maximum Gasteiger partial charge on any atom is 0.240 e. The predicted octanol–water partition coefficient (Wildman–Crippen LogP) is 2.52. The Labute approximate surface area is 144 Å². The average Bonchev–Trinajstić information content (AvgIpc) is 3.03. The lowest BCUT2D eigenvalue weighted by atomic mass is 10.0. The van der Waals surface area contributed by atoms with E-state index in [2.05, 4.69) is 16.7 Å². The standard InChI is InChI=1S/C19H28FN3O/c1-3-17(15-6-8-16(20)9-7-15)22-11-13-23(14-12-22)19(24)18-5-4-10-21(18)2/h6-9,17-18H,3-5,10-14H2,1-2H3/t17-,18+/m1/s1. The number of likely N-dealkylation sites (tertiary alicyclic amines) is 1. The van der Waals surface area contributed by atoms with Crippen molar-refractivity contribution in [3.05, 3.63) is 35.6 Å². The first kappa shape index (κ1) is 17.4. The maximum atomic E-state index is 13.2. The van der Waals surface area contributed by atoms with Crippen LogP contribution in [0, 0.1) is 5.82 Å². The third kappa shape index (κ3) is 3.62. The zero-order chi connectivity index (χ0) is 17.1. The van der Waals surface area contributed by atoms with E-state index in [4.69, 9.17) is 0 Å². The normalized spacial score (nSPS) is 24.3. The van der Waals surface area contributed by atoms with Crippen LogP contribution in [0.5, 0.6) is 0 Å². The molecule has 1 amide bonds. The van der Waals surface area contributed by atoms with Crippen LogP contribution in [-0.4, -0.2) is 66.4 Å². The SMILES string of the molecule is CC[C@H](c1ccc(F)cc1)N1CCN(C(=O)[C@@H]2CCCN2C)CC1. The second-order valence-corrected chi connectivity index (χ2v) is 6.98. The molecule has 1 aromatic rings. The van der Waals surface area contributed by atoms with Crippen molar-refractivity contribution in [2.45, 2.75) is 38.3 Å². The topological polar surface area (TPSA) is 26.8 Å². The molecule has 0 N–H and O–H groups in total. The highest BCUT2D eigenvalue weighted by atomic mass is 19.1. The number of halogens is 1. The minimum atomic E-state index is -0.190. The quantitative estimate of drug-likeness (QED) is 0.847. The van der Waals surface area contributed by atoms with E-state index in [0.717, 1.165) is 57.5 Å². The van der Waals surface area contributed by atoms with Crippen molar-refractivity contribution >= 4 is 5.91 Å². The highest BCUT2D eigenvalue weighted by Gasteiger charge is 2.33. The molecule has 1 aromatic carbocycles. The Hall–Kier alpha value is -1.46. The summed E-state index contributed by atoms with van der Waals surface area (Å²) in [6, 6.07) is 7.22. The van der Waals surface area contributed by atoms with E-state index >= 15 is 0 Å². The average molecular weight is 333 g/mol. The van der Waals surface area contributed by atoms with Crippen LogP contribution in [0.15, 0.2) is 24.3 Å². The molecule has 2 aliphatic rings. The minimum absolute atomic E-state index is 0.0793. The van der Waals surface area contributed by atoms with E-state index in [1.807, 2.05) is 24.1 Å². The van der Waals surface area contributed by atoms with E-state index in [1.165, 1.54) is 12.1 Å². The molecule has 0 bridgehead atoms. The lowest BCUT2D eigenvalue weighted by Crippen LogP contribution is -2.53. The second kappa shape index (κ2) is 7.62. The lowest BCUT2D eigenvalue weighted by molar-refractivity contribution is -0.137. The molecule has 2 heterocycles. The largest absolute Gasteiger partial charge is 0.339 e. The Morgan fingerprint density at radius 1 is 1.17 bits per heavy atom. The van der Waals surface area contributed by atoms with Crippen LogP contribution in [-0.2, 0) is 4.79 Å². The Morgan fingerprint density at radius 2 is 1.83 bits per heavy atom. The van der Waals surface area contributed by atoms with Gasteiger partial charge in [-0.25, -0.2) is 4.39 Å². The first-order chi connectivity index (χ1) is 11.6. The summed E-state index contributed by atoms with van der Waals surface area (Å²) in [5, 5.41) is 0. The molecule has 2 aliphatic heterocycles. The van der Waals surface area contributed by atoms with Gasteiger partial charge in [0.25, 0.3) is 0 Å². The van der Waals surface area contributed by atoms with Gasteiger partial charge in [0.15, 0.2) is 0 Å². The molecule has 0 aliphatic carbocycles. The summed E-state index contributed by atoms with van der Waals surface area (Å²) in [4.78, 5) is 19.3. The molecule has 4 nitrogen and oxygen atoms in total. The lowest BCUT2D eigenvalue weighted by Gasteiger charge is -2.40. The highest BCUT2D eigenvalue weighted by Crippen LogP contribution is 2.26. The van der Waals surface area contributed by atoms with Gasteiger partial charge in [0.1, 0.15) is 5.82 Å². The fourth-order valence-corrected chi connectivity index (χ4v) is 4.08. The summed E-state index contributed by atoms with van der Waals surface area (Å²) >= 11 is 0. The predicted molar refractivity (Wildman–Crippen MR) is 93.2 cm³/mol. The fourth-order valence-electron chi connectivity index (χ4n) is 4.08. The Balaban J connectivity index is 1.59. The molecule has 2 fully saturated rings. The maximum absolute atomic E-state index is 13.2. The Morgan fingerprint density at radius 3 is 2.38 bits per heavy atom. The van der Waals surface area contributed by atoms with Gasteiger partial charge in [-0.2, -0.15) is 0 Å². The molecule has 0 aromatic heterocycles. The molecule has 0 saturated carbocycles. The minimum Gasteiger partial charge on any atom is -0.339 e. The van der Waals surface area contributed by atoms with Gasteiger partial charge in [0.2, 0.25) is 5.91 Å².